The Bertz CT molecular complexity index is 191. The van der Waals surface area contributed by atoms with E-state index in [2.05, 4.69) is 30.3 Å². The Morgan fingerprint density at radius 2 is 2.30 bits per heavy atom. The minimum atomic E-state index is 1.17. The van der Waals surface area contributed by atoms with Crippen molar-refractivity contribution in [1.29, 1.82) is 0 Å². The van der Waals surface area contributed by atoms with Crippen molar-refractivity contribution in [3.05, 3.63) is 16.3 Å². The van der Waals surface area contributed by atoms with Gasteiger partial charge in [-0.3, -0.25) is 0 Å². The molecule has 56 valence electrons. The highest BCUT2D eigenvalue weighted by Crippen LogP contribution is 2.20. The number of thiol groups is 1. The first kappa shape index (κ1) is 8.15. The van der Waals surface area contributed by atoms with Crippen LogP contribution in [0.2, 0.25) is 0 Å². The number of rotatable bonds is 3. The molecule has 1 heterocycles. The second-order valence-corrected chi connectivity index (χ2v) is 3.61. The number of aryl methyl sites for hydroxylation is 1. The van der Waals surface area contributed by atoms with Crippen LogP contribution in [0.3, 0.4) is 0 Å². The second kappa shape index (κ2) is 4.04. The molecule has 0 unspecified atom stereocenters. The zero-order valence-electron chi connectivity index (χ0n) is 6.13. The fraction of sp³-hybridized carbons (Fsp3) is 0.500. The van der Waals surface area contributed by atoms with Crippen LogP contribution in [0, 0.1) is 0 Å². The molecule has 0 aliphatic heterocycles. The standard InChI is InChI=1S/C8H12S2/c1-2-3-4-7-5-10-6-8(7)9/h5-6,9H,2-4H2,1H3. The molecule has 2 heteroatoms. The van der Waals surface area contributed by atoms with Crippen LogP contribution in [-0.2, 0) is 6.42 Å². The van der Waals surface area contributed by atoms with E-state index in [1.165, 1.54) is 29.7 Å². The number of hydrogen-bond acceptors (Lipinski definition) is 2. The van der Waals surface area contributed by atoms with Gasteiger partial charge in [-0.05, 0) is 23.8 Å². The molecule has 0 bridgehead atoms. The lowest BCUT2D eigenvalue weighted by Crippen LogP contribution is -1.80. The Hall–Kier alpha value is 0.0500. The summed E-state index contributed by atoms with van der Waals surface area (Å²) in [5.74, 6) is 0. The van der Waals surface area contributed by atoms with Crippen molar-refractivity contribution in [3.63, 3.8) is 0 Å². The lowest BCUT2D eigenvalue weighted by Gasteiger charge is -1.94. The molecule has 0 aliphatic rings. The Balaban J connectivity index is 2.49. The lowest BCUT2D eigenvalue weighted by atomic mass is 10.2. The van der Waals surface area contributed by atoms with E-state index >= 15 is 0 Å². The van der Waals surface area contributed by atoms with Crippen molar-refractivity contribution in [2.45, 2.75) is 31.1 Å². The Kier molecular flexibility index (Phi) is 3.29. The van der Waals surface area contributed by atoms with Crippen LogP contribution in [0.1, 0.15) is 25.3 Å². The van der Waals surface area contributed by atoms with Crippen LogP contribution in [0.5, 0.6) is 0 Å². The molecule has 10 heavy (non-hydrogen) atoms. The Labute approximate surface area is 71.7 Å². The molecule has 0 saturated carbocycles. The molecule has 0 aliphatic carbocycles. The molecule has 0 amide bonds. The van der Waals surface area contributed by atoms with Crippen molar-refractivity contribution in [1.82, 2.24) is 0 Å². The van der Waals surface area contributed by atoms with Gasteiger partial charge in [0, 0.05) is 10.3 Å². The molecule has 0 spiro atoms. The molecule has 0 atom stereocenters. The third kappa shape index (κ3) is 2.03. The SMILES string of the molecule is CCCCc1cscc1S. The van der Waals surface area contributed by atoms with E-state index in [0.717, 1.165) is 0 Å². The van der Waals surface area contributed by atoms with E-state index < -0.39 is 0 Å². The predicted octanol–water partition coefficient (Wildman–Crippen LogP) is 3.38. The highest BCUT2D eigenvalue weighted by atomic mass is 32.1. The molecule has 0 nitrogen and oxygen atoms in total. The first-order chi connectivity index (χ1) is 4.84. The summed E-state index contributed by atoms with van der Waals surface area (Å²) < 4.78 is 0. The molecule has 1 aromatic rings. The minimum absolute atomic E-state index is 1.17. The fourth-order valence-electron chi connectivity index (χ4n) is 0.871. The van der Waals surface area contributed by atoms with Gasteiger partial charge in [0.1, 0.15) is 0 Å². The van der Waals surface area contributed by atoms with Crippen LogP contribution in [-0.4, -0.2) is 0 Å². The van der Waals surface area contributed by atoms with Crippen molar-refractivity contribution < 1.29 is 0 Å². The summed E-state index contributed by atoms with van der Waals surface area (Å²) in [6.07, 6.45) is 3.74. The minimum Gasteiger partial charge on any atom is -0.151 e. The van der Waals surface area contributed by atoms with Crippen molar-refractivity contribution in [2.75, 3.05) is 0 Å². The summed E-state index contributed by atoms with van der Waals surface area (Å²) in [6, 6.07) is 0. The van der Waals surface area contributed by atoms with E-state index in [9.17, 15) is 0 Å². The molecule has 0 fully saturated rings. The average molecular weight is 172 g/mol. The summed E-state index contributed by atoms with van der Waals surface area (Å²) in [7, 11) is 0. The predicted molar refractivity (Wildman–Crippen MR) is 50.2 cm³/mol. The number of hydrogen-bond donors (Lipinski definition) is 1. The van der Waals surface area contributed by atoms with E-state index in [1.54, 1.807) is 11.3 Å². The second-order valence-electron chi connectivity index (χ2n) is 2.39. The van der Waals surface area contributed by atoms with Gasteiger partial charge in [0.05, 0.1) is 0 Å². The largest absolute Gasteiger partial charge is 0.151 e. The lowest BCUT2D eigenvalue weighted by molar-refractivity contribution is 0.789. The highest BCUT2D eigenvalue weighted by molar-refractivity contribution is 7.80. The maximum Gasteiger partial charge on any atom is 0.0179 e. The molecule has 0 radical (unpaired) electrons. The topological polar surface area (TPSA) is 0 Å². The normalized spacial score (nSPS) is 10.2. The van der Waals surface area contributed by atoms with Crippen molar-refractivity contribution in [3.8, 4) is 0 Å². The van der Waals surface area contributed by atoms with E-state index in [-0.39, 0.29) is 0 Å². The van der Waals surface area contributed by atoms with Gasteiger partial charge >= 0.3 is 0 Å². The summed E-state index contributed by atoms with van der Waals surface area (Å²) in [4.78, 5) is 1.17. The molecular formula is C8H12S2. The van der Waals surface area contributed by atoms with Crippen LogP contribution >= 0.6 is 24.0 Å². The first-order valence-corrected chi connectivity index (χ1v) is 4.97. The van der Waals surface area contributed by atoms with Crippen LogP contribution in [0.15, 0.2) is 15.7 Å². The van der Waals surface area contributed by atoms with Crippen molar-refractivity contribution >= 4 is 24.0 Å². The molecule has 0 N–H and O–H groups in total. The molecular weight excluding hydrogens is 160 g/mol. The zero-order valence-corrected chi connectivity index (χ0v) is 7.84. The number of thiophene rings is 1. The van der Waals surface area contributed by atoms with Gasteiger partial charge in [0.25, 0.3) is 0 Å². The third-order valence-electron chi connectivity index (χ3n) is 1.52. The fourth-order valence-corrected chi connectivity index (χ4v) is 2.07. The zero-order chi connectivity index (χ0) is 7.40. The molecule has 0 aromatic carbocycles. The smallest absolute Gasteiger partial charge is 0.0179 e. The van der Waals surface area contributed by atoms with Crippen LogP contribution in [0.4, 0.5) is 0 Å². The Morgan fingerprint density at radius 3 is 2.80 bits per heavy atom. The monoisotopic (exact) mass is 172 g/mol. The first-order valence-electron chi connectivity index (χ1n) is 3.58. The average Bonchev–Trinajstić information content (AvgIpc) is 2.31. The summed E-state index contributed by atoms with van der Waals surface area (Å²) in [5.41, 5.74) is 1.41. The van der Waals surface area contributed by atoms with Gasteiger partial charge in [-0.2, -0.15) is 11.3 Å². The molecule has 0 saturated heterocycles. The summed E-state index contributed by atoms with van der Waals surface area (Å²) in [6.45, 7) is 2.21. The highest BCUT2D eigenvalue weighted by Gasteiger charge is 1.97. The summed E-state index contributed by atoms with van der Waals surface area (Å²) in [5, 5.41) is 4.28. The third-order valence-corrected chi connectivity index (χ3v) is 2.90. The van der Waals surface area contributed by atoms with Crippen LogP contribution < -0.4 is 0 Å². The summed E-state index contributed by atoms with van der Waals surface area (Å²) >= 11 is 6.07. The quantitative estimate of drug-likeness (QED) is 0.664. The van der Waals surface area contributed by atoms with Gasteiger partial charge in [-0.15, -0.1) is 12.6 Å². The van der Waals surface area contributed by atoms with Gasteiger partial charge in [0.2, 0.25) is 0 Å². The van der Waals surface area contributed by atoms with Gasteiger partial charge in [-0.1, -0.05) is 13.3 Å². The van der Waals surface area contributed by atoms with Crippen molar-refractivity contribution in [2.24, 2.45) is 0 Å². The van der Waals surface area contributed by atoms with Gasteiger partial charge < -0.3 is 0 Å². The van der Waals surface area contributed by atoms with E-state index in [1.807, 2.05) is 0 Å². The maximum atomic E-state index is 4.33. The Morgan fingerprint density at radius 1 is 1.50 bits per heavy atom. The van der Waals surface area contributed by atoms with Crippen LogP contribution in [0.25, 0.3) is 0 Å². The number of unbranched alkanes of at least 4 members (excludes halogenated alkanes) is 1. The molecule has 1 aromatic heterocycles. The van der Waals surface area contributed by atoms with E-state index in [4.69, 9.17) is 0 Å². The maximum absolute atomic E-state index is 4.33. The van der Waals surface area contributed by atoms with Gasteiger partial charge in [0.15, 0.2) is 0 Å². The van der Waals surface area contributed by atoms with E-state index in [0.29, 0.717) is 0 Å². The molecule has 1 rings (SSSR count). The van der Waals surface area contributed by atoms with Gasteiger partial charge in [-0.25, -0.2) is 0 Å².